The van der Waals surface area contributed by atoms with Crippen molar-refractivity contribution in [2.45, 2.75) is 31.8 Å². The van der Waals surface area contributed by atoms with Gasteiger partial charge in [0.2, 0.25) is 0 Å². The molecule has 0 unspecified atom stereocenters. The first-order chi connectivity index (χ1) is 11.4. The molecule has 0 amide bonds. The second-order valence-corrected chi connectivity index (χ2v) is 6.06. The molecular formula is C19H20N4. The molecule has 1 aromatic heterocycles. The van der Waals surface area contributed by atoms with Crippen molar-refractivity contribution < 1.29 is 0 Å². The summed E-state index contributed by atoms with van der Waals surface area (Å²) in [5, 5.41) is 7.97. The minimum absolute atomic E-state index is 0.536. The van der Waals surface area contributed by atoms with Gasteiger partial charge in [-0.15, -0.1) is 0 Å². The fraction of sp³-hybridized carbons (Fsp3) is 0.263. The summed E-state index contributed by atoms with van der Waals surface area (Å²) in [6.45, 7) is 0.850. The number of aryl methyl sites for hydroxylation is 1. The average Bonchev–Trinajstić information content (AvgIpc) is 3.14. The van der Waals surface area contributed by atoms with Crippen molar-refractivity contribution in [2.24, 2.45) is 0 Å². The van der Waals surface area contributed by atoms with Crippen molar-refractivity contribution in [1.82, 2.24) is 20.1 Å². The third kappa shape index (κ3) is 3.03. The Kier molecular flexibility index (Phi) is 3.90. The number of rotatable bonds is 4. The largest absolute Gasteiger partial charge is 0.310 e. The van der Waals surface area contributed by atoms with Crippen LogP contribution in [0, 0.1) is 0 Å². The average molecular weight is 304 g/mol. The zero-order valence-electron chi connectivity index (χ0n) is 13.0. The fourth-order valence-electron chi connectivity index (χ4n) is 3.34. The quantitative estimate of drug-likeness (QED) is 0.806. The molecule has 1 aliphatic carbocycles. The SMILES string of the molecule is c1ccc2c(c1)CC[C@@H](NCc1ccccc1-n1cncn1)C2. The molecule has 1 N–H and O–H groups in total. The van der Waals surface area contributed by atoms with Crippen LogP contribution < -0.4 is 5.32 Å². The molecule has 0 fully saturated rings. The van der Waals surface area contributed by atoms with Crippen LogP contribution in [0.25, 0.3) is 5.69 Å². The van der Waals surface area contributed by atoms with Gasteiger partial charge in [-0.25, -0.2) is 9.67 Å². The smallest absolute Gasteiger partial charge is 0.138 e. The molecule has 1 heterocycles. The lowest BCUT2D eigenvalue weighted by atomic mass is 9.88. The van der Waals surface area contributed by atoms with Crippen LogP contribution >= 0.6 is 0 Å². The van der Waals surface area contributed by atoms with E-state index in [1.807, 2.05) is 10.7 Å². The number of benzene rings is 2. The van der Waals surface area contributed by atoms with Crippen LogP contribution in [0.1, 0.15) is 23.1 Å². The second kappa shape index (κ2) is 6.34. The molecule has 23 heavy (non-hydrogen) atoms. The molecule has 0 spiro atoms. The summed E-state index contributed by atoms with van der Waals surface area (Å²) in [7, 11) is 0. The van der Waals surface area contributed by atoms with Crippen LogP contribution in [-0.4, -0.2) is 20.8 Å². The third-order valence-electron chi connectivity index (χ3n) is 4.59. The van der Waals surface area contributed by atoms with Crippen molar-refractivity contribution in [3.63, 3.8) is 0 Å². The molecule has 4 rings (SSSR count). The van der Waals surface area contributed by atoms with Gasteiger partial charge in [0.05, 0.1) is 5.69 Å². The van der Waals surface area contributed by atoms with Crippen LogP contribution in [-0.2, 0) is 19.4 Å². The summed E-state index contributed by atoms with van der Waals surface area (Å²) in [6.07, 6.45) is 6.79. The lowest BCUT2D eigenvalue weighted by Crippen LogP contribution is -2.34. The monoisotopic (exact) mass is 304 g/mol. The van der Waals surface area contributed by atoms with Crippen LogP contribution in [0.15, 0.2) is 61.2 Å². The van der Waals surface area contributed by atoms with Gasteiger partial charge in [0.1, 0.15) is 12.7 Å². The summed E-state index contributed by atoms with van der Waals surface area (Å²) in [6, 6.07) is 17.7. The van der Waals surface area contributed by atoms with E-state index in [9.17, 15) is 0 Å². The first kappa shape index (κ1) is 14.2. The summed E-state index contributed by atoms with van der Waals surface area (Å²) in [5.74, 6) is 0. The predicted molar refractivity (Wildman–Crippen MR) is 90.5 cm³/mol. The van der Waals surface area contributed by atoms with E-state index in [4.69, 9.17) is 0 Å². The Bertz CT molecular complexity index is 780. The second-order valence-electron chi connectivity index (χ2n) is 6.06. The number of hydrogen-bond acceptors (Lipinski definition) is 3. The summed E-state index contributed by atoms with van der Waals surface area (Å²) >= 11 is 0. The maximum absolute atomic E-state index is 4.25. The Morgan fingerprint density at radius 1 is 1.04 bits per heavy atom. The lowest BCUT2D eigenvalue weighted by Gasteiger charge is -2.26. The minimum Gasteiger partial charge on any atom is -0.310 e. The minimum atomic E-state index is 0.536. The Hall–Kier alpha value is -2.46. The highest BCUT2D eigenvalue weighted by molar-refractivity contribution is 5.40. The summed E-state index contributed by atoms with van der Waals surface area (Å²) in [4.78, 5) is 4.05. The van der Waals surface area contributed by atoms with E-state index in [0.717, 1.165) is 18.7 Å². The van der Waals surface area contributed by atoms with Crippen molar-refractivity contribution >= 4 is 0 Å². The van der Waals surface area contributed by atoms with Gasteiger partial charge in [-0.1, -0.05) is 42.5 Å². The topological polar surface area (TPSA) is 42.7 Å². The third-order valence-corrected chi connectivity index (χ3v) is 4.59. The van der Waals surface area contributed by atoms with Gasteiger partial charge in [0, 0.05) is 12.6 Å². The summed E-state index contributed by atoms with van der Waals surface area (Å²) in [5.41, 5.74) is 5.33. The number of fused-ring (bicyclic) bond motifs is 1. The number of aromatic nitrogens is 3. The number of nitrogens with one attached hydrogen (secondary N) is 1. The molecule has 3 aromatic rings. The van der Waals surface area contributed by atoms with Crippen LogP contribution in [0.5, 0.6) is 0 Å². The normalized spacial score (nSPS) is 17.0. The van der Waals surface area contributed by atoms with Gasteiger partial charge in [-0.3, -0.25) is 0 Å². The highest BCUT2D eigenvalue weighted by Gasteiger charge is 2.18. The molecule has 4 nitrogen and oxygen atoms in total. The van der Waals surface area contributed by atoms with Gasteiger partial charge in [0.25, 0.3) is 0 Å². The van der Waals surface area contributed by atoms with E-state index in [0.29, 0.717) is 6.04 Å². The van der Waals surface area contributed by atoms with Gasteiger partial charge in [0.15, 0.2) is 0 Å². The molecular weight excluding hydrogens is 284 g/mol. The Morgan fingerprint density at radius 3 is 2.74 bits per heavy atom. The first-order valence-electron chi connectivity index (χ1n) is 8.13. The highest BCUT2D eigenvalue weighted by Crippen LogP contribution is 2.22. The van der Waals surface area contributed by atoms with E-state index in [1.54, 1.807) is 12.7 Å². The molecule has 1 aliphatic rings. The van der Waals surface area contributed by atoms with Gasteiger partial charge < -0.3 is 5.32 Å². The molecule has 116 valence electrons. The maximum Gasteiger partial charge on any atom is 0.138 e. The van der Waals surface area contributed by atoms with Gasteiger partial charge in [-0.05, 0) is 42.0 Å². The van der Waals surface area contributed by atoms with E-state index in [2.05, 4.69) is 57.9 Å². The van der Waals surface area contributed by atoms with E-state index in [-0.39, 0.29) is 0 Å². The van der Waals surface area contributed by atoms with Gasteiger partial charge >= 0.3 is 0 Å². The first-order valence-corrected chi connectivity index (χ1v) is 8.13. The van der Waals surface area contributed by atoms with Crippen molar-refractivity contribution in [2.75, 3.05) is 0 Å². The molecule has 0 saturated heterocycles. The van der Waals surface area contributed by atoms with E-state index < -0.39 is 0 Å². The summed E-state index contributed by atoms with van der Waals surface area (Å²) < 4.78 is 1.83. The van der Waals surface area contributed by atoms with Crippen molar-refractivity contribution in [1.29, 1.82) is 0 Å². The van der Waals surface area contributed by atoms with Crippen LogP contribution in [0.4, 0.5) is 0 Å². The fourth-order valence-corrected chi connectivity index (χ4v) is 3.34. The lowest BCUT2D eigenvalue weighted by molar-refractivity contribution is 0.457. The molecule has 0 radical (unpaired) electrons. The number of hydrogen-bond donors (Lipinski definition) is 1. The zero-order chi connectivity index (χ0) is 15.5. The molecule has 0 saturated carbocycles. The van der Waals surface area contributed by atoms with E-state index in [1.165, 1.54) is 29.5 Å². The molecule has 0 bridgehead atoms. The predicted octanol–water partition coefficient (Wildman–Crippen LogP) is 2.91. The molecule has 0 aliphatic heterocycles. The van der Waals surface area contributed by atoms with Gasteiger partial charge in [-0.2, -0.15) is 5.10 Å². The maximum atomic E-state index is 4.25. The number of para-hydroxylation sites is 1. The number of nitrogens with zero attached hydrogens (tertiary/aromatic N) is 3. The molecule has 4 heteroatoms. The Labute approximate surface area is 136 Å². The highest BCUT2D eigenvalue weighted by atomic mass is 15.3. The van der Waals surface area contributed by atoms with Crippen LogP contribution in [0.3, 0.4) is 0 Å². The Morgan fingerprint density at radius 2 is 1.87 bits per heavy atom. The Balaban J connectivity index is 1.47. The van der Waals surface area contributed by atoms with E-state index >= 15 is 0 Å². The van der Waals surface area contributed by atoms with Crippen molar-refractivity contribution in [3.8, 4) is 5.69 Å². The standard InChI is InChI=1S/C19H20N4/c1-2-6-16-11-18(10-9-15(16)5-1)21-12-17-7-3-4-8-19(17)23-14-20-13-22-23/h1-8,13-14,18,21H,9-12H2/t18-/m1/s1. The van der Waals surface area contributed by atoms with Crippen molar-refractivity contribution in [3.05, 3.63) is 77.9 Å². The molecule has 1 atom stereocenters. The zero-order valence-corrected chi connectivity index (χ0v) is 13.0. The van der Waals surface area contributed by atoms with Crippen LogP contribution in [0.2, 0.25) is 0 Å². The molecule has 2 aromatic carbocycles.